The Balaban J connectivity index is 1.97. The van der Waals surface area contributed by atoms with Crippen LogP contribution in [0.5, 0.6) is 0 Å². The molecule has 0 radical (unpaired) electrons. The average Bonchev–Trinajstić information content (AvgIpc) is 2.88. The van der Waals surface area contributed by atoms with E-state index in [-0.39, 0.29) is 28.7 Å². The van der Waals surface area contributed by atoms with E-state index >= 15 is 0 Å². The van der Waals surface area contributed by atoms with E-state index in [1.54, 1.807) is 32.0 Å². The number of hydrogen-bond acceptors (Lipinski definition) is 6. The third kappa shape index (κ3) is 5.84. The fraction of sp³-hybridized carbons (Fsp3) is 0.200. The second-order valence-corrected chi connectivity index (χ2v) is 9.48. The molecule has 0 spiro atoms. The maximum Gasteiger partial charge on any atom is 0.255 e. The monoisotopic (exact) mass is 508 g/mol. The maximum absolute atomic E-state index is 14.2. The van der Waals surface area contributed by atoms with Crippen LogP contribution in [0.15, 0.2) is 75.6 Å². The van der Waals surface area contributed by atoms with Crippen molar-refractivity contribution < 1.29 is 17.6 Å². The number of anilines is 1. The van der Waals surface area contributed by atoms with Crippen LogP contribution >= 0.6 is 0 Å². The fourth-order valence-corrected chi connectivity index (χ4v) is 5.20. The van der Waals surface area contributed by atoms with Gasteiger partial charge in [0.05, 0.1) is 21.9 Å². The van der Waals surface area contributed by atoms with E-state index in [0.29, 0.717) is 24.3 Å². The third-order valence-electron chi connectivity index (χ3n) is 5.34. The summed E-state index contributed by atoms with van der Waals surface area (Å²) < 4.78 is 41.5. The van der Waals surface area contributed by atoms with E-state index in [0.717, 1.165) is 12.1 Å². The molecular formula is C25H25FN6O3S. The number of benzene rings is 2. The van der Waals surface area contributed by atoms with Gasteiger partial charge in [0.1, 0.15) is 17.6 Å². The predicted molar refractivity (Wildman–Crippen MR) is 133 cm³/mol. The number of hydrogen-bond donors (Lipinski definition) is 2. The molecule has 1 amide bonds. The summed E-state index contributed by atoms with van der Waals surface area (Å²) in [4.78, 5) is 22.0. The van der Waals surface area contributed by atoms with Crippen molar-refractivity contribution in [1.82, 2.24) is 9.88 Å². The van der Waals surface area contributed by atoms with Crippen LogP contribution in [0.2, 0.25) is 0 Å². The highest BCUT2D eigenvalue weighted by molar-refractivity contribution is 7.91. The lowest BCUT2D eigenvalue weighted by Gasteiger charge is -2.21. The lowest BCUT2D eigenvalue weighted by molar-refractivity contribution is 0.0769. The Labute approximate surface area is 209 Å². The highest BCUT2D eigenvalue weighted by Gasteiger charge is 2.28. The summed E-state index contributed by atoms with van der Waals surface area (Å²) in [6, 6.07) is 14.2. The third-order valence-corrected chi connectivity index (χ3v) is 7.24. The number of guanidine groups is 1. The highest BCUT2D eigenvalue weighted by Crippen LogP contribution is 2.29. The van der Waals surface area contributed by atoms with E-state index in [9.17, 15) is 17.6 Å². The van der Waals surface area contributed by atoms with Gasteiger partial charge >= 0.3 is 0 Å². The molecule has 11 heteroatoms. The van der Waals surface area contributed by atoms with Crippen molar-refractivity contribution in [3.8, 4) is 6.07 Å². The van der Waals surface area contributed by atoms with Crippen LogP contribution in [-0.2, 0) is 16.4 Å². The molecule has 0 aliphatic carbocycles. The zero-order valence-corrected chi connectivity index (χ0v) is 20.6. The molecule has 0 atom stereocenters. The predicted octanol–water partition coefficient (Wildman–Crippen LogP) is 3.33. The second kappa shape index (κ2) is 11.4. The molecule has 36 heavy (non-hydrogen) atoms. The van der Waals surface area contributed by atoms with Gasteiger partial charge in [-0.15, -0.1) is 0 Å². The topological polar surface area (TPSA) is 142 Å². The van der Waals surface area contributed by atoms with Gasteiger partial charge in [0.25, 0.3) is 5.91 Å². The number of nitriles is 1. The zero-order valence-electron chi connectivity index (χ0n) is 19.8. The largest absolute Gasteiger partial charge is 0.370 e. The molecule has 1 heterocycles. The van der Waals surface area contributed by atoms with E-state index in [1.807, 2.05) is 6.07 Å². The number of aromatic nitrogens is 1. The Morgan fingerprint density at radius 1 is 1.14 bits per heavy atom. The minimum atomic E-state index is -4.30. The van der Waals surface area contributed by atoms with Gasteiger partial charge in [0.2, 0.25) is 9.84 Å². The van der Waals surface area contributed by atoms with E-state index in [4.69, 9.17) is 11.0 Å². The first-order valence-corrected chi connectivity index (χ1v) is 12.5. The van der Waals surface area contributed by atoms with Crippen molar-refractivity contribution in [2.75, 3.05) is 18.4 Å². The minimum Gasteiger partial charge on any atom is -0.370 e. The van der Waals surface area contributed by atoms with Gasteiger partial charge in [-0.3, -0.25) is 4.79 Å². The smallest absolute Gasteiger partial charge is 0.255 e. The fourth-order valence-electron chi connectivity index (χ4n) is 3.52. The molecule has 3 rings (SSSR count). The quantitative estimate of drug-likeness (QED) is 0.351. The molecule has 0 saturated heterocycles. The van der Waals surface area contributed by atoms with Crippen molar-refractivity contribution in [2.24, 2.45) is 10.7 Å². The van der Waals surface area contributed by atoms with E-state index < -0.39 is 26.5 Å². The SMILES string of the molecule is CCN(CC)C(=O)c1ccc(F)cc1S(=O)(=O)c1ccccc1CN=C(N)Nc1ccnc(C#N)c1. The summed E-state index contributed by atoms with van der Waals surface area (Å²) >= 11 is 0. The summed E-state index contributed by atoms with van der Waals surface area (Å²) in [7, 11) is -4.30. The van der Waals surface area contributed by atoms with Gasteiger partial charge in [-0.25, -0.2) is 22.8 Å². The van der Waals surface area contributed by atoms with Crippen LogP contribution in [0, 0.1) is 17.1 Å². The van der Waals surface area contributed by atoms with Gasteiger partial charge < -0.3 is 16.0 Å². The first-order chi connectivity index (χ1) is 17.2. The molecule has 3 aromatic rings. The number of sulfone groups is 1. The van der Waals surface area contributed by atoms with Crippen molar-refractivity contribution >= 4 is 27.4 Å². The Hall–Kier alpha value is -4.30. The highest BCUT2D eigenvalue weighted by atomic mass is 32.2. The number of amides is 1. The van der Waals surface area contributed by atoms with Crippen LogP contribution in [0.3, 0.4) is 0 Å². The summed E-state index contributed by atoms with van der Waals surface area (Å²) in [5.74, 6) is -1.29. The Morgan fingerprint density at radius 2 is 1.86 bits per heavy atom. The molecule has 0 aliphatic heterocycles. The molecule has 9 nitrogen and oxygen atoms in total. The van der Waals surface area contributed by atoms with Crippen LogP contribution in [0.25, 0.3) is 0 Å². The summed E-state index contributed by atoms with van der Waals surface area (Å²) in [6.07, 6.45) is 1.44. The minimum absolute atomic E-state index is 0.0135. The van der Waals surface area contributed by atoms with Crippen molar-refractivity contribution in [1.29, 1.82) is 5.26 Å². The molecule has 0 fully saturated rings. The van der Waals surface area contributed by atoms with E-state index in [2.05, 4.69) is 15.3 Å². The number of rotatable bonds is 8. The summed E-state index contributed by atoms with van der Waals surface area (Å²) in [5.41, 5.74) is 6.83. The van der Waals surface area contributed by atoms with Crippen LogP contribution in [-0.4, -0.2) is 43.3 Å². The number of carbonyl (C=O) groups excluding carboxylic acids is 1. The zero-order chi connectivity index (χ0) is 26.3. The number of nitrogens with zero attached hydrogens (tertiary/aromatic N) is 4. The average molecular weight is 509 g/mol. The summed E-state index contributed by atoms with van der Waals surface area (Å²) in [6.45, 7) is 4.18. The molecule has 3 N–H and O–H groups in total. The lowest BCUT2D eigenvalue weighted by Crippen LogP contribution is -2.31. The maximum atomic E-state index is 14.2. The van der Waals surface area contributed by atoms with Crippen molar-refractivity contribution in [3.63, 3.8) is 0 Å². The molecule has 1 aromatic heterocycles. The first kappa shape index (κ1) is 26.3. The number of halogens is 1. The van der Waals surface area contributed by atoms with Gasteiger partial charge in [-0.2, -0.15) is 5.26 Å². The Bertz CT molecular complexity index is 1450. The number of nitrogens with two attached hydrogens (primary N) is 1. The Morgan fingerprint density at radius 3 is 2.56 bits per heavy atom. The standard InChI is InChI=1S/C25H25FN6O3S/c1-3-32(4-2)24(33)21-10-9-18(26)13-23(21)36(34,35)22-8-6-5-7-17(22)16-30-25(28)31-19-11-12-29-20(14-19)15-27/h5-14H,3-4,16H2,1-2H3,(H3,28,29,30,31). The van der Waals surface area contributed by atoms with Gasteiger partial charge in [0.15, 0.2) is 5.96 Å². The number of nitrogens with one attached hydrogen (secondary N) is 1. The number of pyridine rings is 1. The first-order valence-electron chi connectivity index (χ1n) is 11.1. The Kier molecular flexibility index (Phi) is 8.34. The van der Waals surface area contributed by atoms with E-state index in [1.165, 1.54) is 35.4 Å². The van der Waals surface area contributed by atoms with Crippen LogP contribution < -0.4 is 11.1 Å². The van der Waals surface area contributed by atoms with Crippen LogP contribution in [0.4, 0.5) is 10.1 Å². The normalized spacial score (nSPS) is 11.6. The molecule has 2 aromatic carbocycles. The molecule has 0 saturated carbocycles. The second-order valence-electron chi connectivity index (χ2n) is 7.60. The van der Waals surface area contributed by atoms with Gasteiger partial charge in [-0.1, -0.05) is 18.2 Å². The number of carbonyl (C=O) groups is 1. The molecule has 186 valence electrons. The van der Waals surface area contributed by atoms with Crippen molar-refractivity contribution in [2.45, 2.75) is 30.2 Å². The lowest BCUT2D eigenvalue weighted by atomic mass is 10.2. The van der Waals surface area contributed by atoms with Crippen molar-refractivity contribution in [3.05, 3.63) is 83.4 Å². The molecule has 0 bridgehead atoms. The van der Waals surface area contributed by atoms with Gasteiger partial charge in [-0.05, 0) is 55.8 Å². The molecule has 0 aliphatic rings. The molecule has 0 unspecified atom stereocenters. The van der Waals surface area contributed by atoms with Gasteiger partial charge in [0, 0.05) is 25.0 Å². The summed E-state index contributed by atoms with van der Waals surface area (Å²) in [5, 5.41) is 11.8. The molecular weight excluding hydrogens is 483 g/mol. The number of aliphatic imine (C=N–C) groups is 1. The van der Waals surface area contributed by atoms with Crippen LogP contribution in [0.1, 0.15) is 35.5 Å².